The van der Waals surface area contributed by atoms with E-state index in [1.54, 1.807) is 6.92 Å². The molecule has 2 aromatic rings. The minimum Gasteiger partial charge on any atom is -0.457 e. The Hall–Kier alpha value is -2.17. The highest BCUT2D eigenvalue weighted by Gasteiger charge is 2.26. The Labute approximate surface area is 136 Å². The number of morpholine rings is 1. The van der Waals surface area contributed by atoms with Gasteiger partial charge < -0.3 is 9.47 Å². The van der Waals surface area contributed by atoms with Crippen molar-refractivity contribution in [3.63, 3.8) is 0 Å². The highest BCUT2D eigenvalue weighted by Crippen LogP contribution is 2.27. The number of ether oxygens (including phenoxy) is 2. The van der Waals surface area contributed by atoms with Crippen LogP contribution < -0.4 is 4.74 Å². The molecule has 0 N–H and O–H groups in total. The first-order chi connectivity index (χ1) is 11.2. The summed E-state index contributed by atoms with van der Waals surface area (Å²) < 4.78 is 11.2. The number of Topliss-reactive ketones (excluding diaryl/α,β-unsaturated/α-hetero) is 1. The zero-order valence-corrected chi connectivity index (χ0v) is 13.3. The topological polar surface area (TPSA) is 38.8 Å². The number of para-hydroxylation sites is 1. The zero-order valence-electron chi connectivity index (χ0n) is 13.3. The molecule has 1 heterocycles. The van der Waals surface area contributed by atoms with Crippen molar-refractivity contribution in [3.8, 4) is 11.5 Å². The molecule has 3 rings (SSSR count). The van der Waals surface area contributed by atoms with E-state index in [-0.39, 0.29) is 11.8 Å². The number of hydrogen-bond acceptors (Lipinski definition) is 4. The van der Waals surface area contributed by atoms with Crippen LogP contribution in [0.4, 0.5) is 0 Å². The number of rotatable bonds is 5. The number of carbonyl (C=O) groups excluding carboxylic acids is 1. The van der Waals surface area contributed by atoms with E-state index in [9.17, 15) is 4.79 Å². The van der Waals surface area contributed by atoms with Gasteiger partial charge in [0.25, 0.3) is 0 Å². The summed E-state index contributed by atoms with van der Waals surface area (Å²) in [5.41, 5.74) is 1.000. The van der Waals surface area contributed by atoms with E-state index >= 15 is 0 Å². The summed E-state index contributed by atoms with van der Waals surface area (Å²) in [6.07, 6.45) is 0. The molecule has 1 atom stereocenters. The van der Waals surface area contributed by atoms with E-state index in [2.05, 4.69) is 4.90 Å². The van der Waals surface area contributed by atoms with Crippen molar-refractivity contribution in [1.82, 2.24) is 4.90 Å². The van der Waals surface area contributed by atoms with Gasteiger partial charge in [0, 0.05) is 13.1 Å². The van der Waals surface area contributed by atoms with E-state index < -0.39 is 0 Å². The fourth-order valence-electron chi connectivity index (χ4n) is 2.88. The van der Waals surface area contributed by atoms with Gasteiger partial charge in [0.15, 0.2) is 5.78 Å². The molecular weight excluding hydrogens is 290 g/mol. The van der Waals surface area contributed by atoms with E-state index in [0.29, 0.717) is 13.2 Å². The van der Waals surface area contributed by atoms with Crippen molar-refractivity contribution in [2.75, 3.05) is 26.3 Å². The standard InChI is InChI=1S/C19H21NO3/c1-15(21)19(20-11-13-22-14-12-20)16-7-9-18(10-8-16)23-17-5-3-2-4-6-17/h2-10,19H,11-14H2,1H3. The van der Waals surface area contributed by atoms with E-state index in [1.165, 1.54) is 0 Å². The van der Waals surface area contributed by atoms with Crippen LogP contribution in [-0.4, -0.2) is 37.0 Å². The van der Waals surface area contributed by atoms with Crippen LogP contribution in [0.1, 0.15) is 18.5 Å². The smallest absolute Gasteiger partial charge is 0.151 e. The maximum Gasteiger partial charge on any atom is 0.151 e. The zero-order chi connectivity index (χ0) is 16.1. The van der Waals surface area contributed by atoms with Gasteiger partial charge in [0.05, 0.1) is 19.3 Å². The quantitative estimate of drug-likeness (QED) is 0.848. The molecule has 4 heteroatoms. The lowest BCUT2D eigenvalue weighted by molar-refractivity contribution is -0.124. The molecule has 0 aliphatic carbocycles. The summed E-state index contributed by atoms with van der Waals surface area (Å²) in [7, 11) is 0. The third-order valence-electron chi connectivity index (χ3n) is 3.97. The van der Waals surface area contributed by atoms with Gasteiger partial charge >= 0.3 is 0 Å². The van der Waals surface area contributed by atoms with E-state index in [4.69, 9.17) is 9.47 Å². The highest BCUT2D eigenvalue weighted by atomic mass is 16.5. The summed E-state index contributed by atoms with van der Waals surface area (Å²) in [4.78, 5) is 14.3. The Morgan fingerprint density at radius 1 is 1.00 bits per heavy atom. The van der Waals surface area contributed by atoms with Crippen LogP contribution in [0.2, 0.25) is 0 Å². The Kier molecular flexibility index (Phi) is 5.05. The molecule has 1 unspecified atom stereocenters. The molecule has 120 valence electrons. The SMILES string of the molecule is CC(=O)C(c1ccc(Oc2ccccc2)cc1)N1CCOCC1. The number of nitrogens with zero attached hydrogens (tertiary/aromatic N) is 1. The first-order valence-corrected chi connectivity index (χ1v) is 7.89. The first-order valence-electron chi connectivity index (χ1n) is 7.89. The minimum atomic E-state index is -0.204. The molecule has 0 radical (unpaired) electrons. The van der Waals surface area contributed by atoms with Crippen LogP contribution in [0.25, 0.3) is 0 Å². The number of carbonyl (C=O) groups is 1. The lowest BCUT2D eigenvalue weighted by Gasteiger charge is -2.33. The molecule has 23 heavy (non-hydrogen) atoms. The van der Waals surface area contributed by atoms with Gasteiger partial charge in [-0.15, -0.1) is 0 Å². The third kappa shape index (κ3) is 3.97. The normalized spacial score (nSPS) is 16.7. The van der Waals surface area contributed by atoms with Gasteiger partial charge in [-0.1, -0.05) is 30.3 Å². The minimum absolute atomic E-state index is 0.156. The predicted molar refractivity (Wildman–Crippen MR) is 88.8 cm³/mol. The molecule has 0 aromatic heterocycles. The van der Waals surface area contributed by atoms with Crippen LogP contribution in [0.5, 0.6) is 11.5 Å². The Morgan fingerprint density at radius 3 is 2.22 bits per heavy atom. The average Bonchev–Trinajstić information content (AvgIpc) is 2.58. The summed E-state index contributed by atoms with van der Waals surface area (Å²) in [6.45, 7) is 4.57. The van der Waals surface area contributed by atoms with E-state index in [1.807, 2.05) is 54.6 Å². The highest BCUT2D eigenvalue weighted by molar-refractivity contribution is 5.83. The van der Waals surface area contributed by atoms with E-state index in [0.717, 1.165) is 30.2 Å². The van der Waals surface area contributed by atoms with Crippen LogP contribution in [-0.2, 0) is 9.53 Å². The Balaban J connectivity index is 1.75. The van der Waals surface area contributed by atoms with Gasteiger partial charge in [0.1, 0.15) is 11.5 Å². The van der Waals surface area contributed by atoms with Crippen molar-refractivity contribution in [3.05, 3.63) is 60.2 Å². The summed E-state index contributed by atoms with van der Waals surface area (Å²) >= 11 is 0. The van der Waals surface area contributed by atoms with Crippen LogP contribution >= 0.6 is 0 Å². The van der Waals surface area contributed by atoms with Crippen LogP contribution in [0, 0.1) is 0 Å². The first kappa shape index (κ1) is 15.7. The number of benzene rings is 2. The maximum atomic E-state index is 12.1. The second kappa shape index (κ2) is 7.40. The van der Waals surface area contributed by atoms with Crippen LogP contribution in [0.15, 0.2) is 54.6 Å². The van der Waals surface area contributed by atoms with Crippen molar-refractivity contribution in [2.45, 2.75) is 13.0 Å². The Morgan fingerprint density at radius 2 is 1.61 bits per heavy atom. The predicted octanol–water partition coefficient (Wildman–Crippen LogP) is 3.44. The molecule has 0 bridgehead atoms. The molecule has 0 saturated carbocycles. The second-order valence-electron chi connectivity index (χ2n) is 5.65. The number of ketones is 1. The summed E-state index contributed by atoms with van der Waals surface area (Å²) in [6, 6.07) is 17.2. The number of hydrogen-bond donors (Lipinski definition) is 0. The maximum absolute atomic E-state index is 12.1. The molecule has 2 aromatic carbocycles. The lowest BCUT2D eigenvalue weighted by atomic mass is 10.0. The second-order valence-corrected chi connectivity index (χ2v) is 5.65. The molecule has 1 aliphatic heterocycles. The molecule has 1 aliphatic rings. The molecule has 4 nitrogen and oxygen atoms in total. The van der Waals surface area contributed by atoms with Gasteiger partial charge in [0.2, 0.25) is 0 Å². The Bertz CT molecular complexity index is 633. The average molecular weight is 311 g/mol. The van der Waals surface area contributed by atoms with Crippen molar-refractivity contribution in [1.29, 1.82) is 0 Å². The van der Waals surface area contributed by atoms with Crippen molar-refractivity contribution < 1.29 is 14.3 Å². The monoisotopic (exact) mass is 311 g/mol. The van der Waals surface area contributed by atoms with Gasteiger partial charge in [-0.3, -0.25) is 9.69 Å². The van der Waals surface area contributed by atoms with Gasteiger partial charge in [-0.25, -0.2) is 0 Å². The summed E-state index contributed by atoms with van der Waals surface area (Å²) in [5, 5.41) is 0. The molecular formula is C19H21NO3. The van der Waals surface area contributed by atoms with Gasteiger partial charge in [-0.2, -0.15) is 0 Å². The van der Waals surface area contributed by atoms with Crippen molar-refractivity contribution in [2.24, 2.45) is 0 Å². The largest absolute Gasteiger partial charge is 0.457 e. The summed E-state index contributed by atoms with van der Waals surface area (Å²) in [5.74, 6) is 1.73. The van der Waals surface area contributed by atoms with Crippen LogP contribution in [0.3, 0.4) is 0 Å². The molecule has 1 saturated heterocycles. The fourth-order valence-corrected chi connectivity index (χ4v) is 2.88. The van der Waals surface area contributed by atoms with Crippen molar-refractivity contribution >= 4 is 5.78 Å². The lowest BCUT2D eigenvalue weighted by Crippen LogP contribution is -2.41. The molecule has 1 fully saturated rings. The third-order valence-corrected chi connectivity index (χ3v) is 3.97. The molecule has 0 spiro atoms. The van der Waals surface area contributed by atoms with Gasteiger partial charge in [-0.05, 0) is 36.8 Å². The fraction of sp³-hybridized carbons (Fsp3) is 0.316. The molecule has 0 amide bonds.